The average Bonchev–Trinajstić information content (AvgIpc) is 2.93. The molecule has 6 nitrogen and oxygen atoms in total. The zero-order chi connectivity index (χ0) is 15.2. The van der Waals surface area contributed by atoms with Gasteiger partial charge in [0, 0.05) is 30.1 Å². The Morgan fingerprint density at radius 3 is 3.00 bits per heavy atom. The van der Waals surface area contributed by atoms with E-state index >= 15 is 0 Å². The number of aryl methyl sites for hydroxylation is 1. The van der Waals surface area contributed by atoms with Crippen molar-refractivity contribution in [1.82, 2.24) is 9.78 Å². The third kappa shape index (κ3) is 3.75. The van der Waals surface area contributed by atoms with Crippen LogP contribution < -0.4 is 10.1 Å². The van der Waals surface area contributed by atoms with Gasteiger partial charge in [0.25, 0.3) is 0 Å². The van der Waals surface area contributed by atoms with Crippen LogP contribution in [-0.2, 0) is 11.3 Å². The number of nitrogens with one attached hydrogen (secondary N) is 1. The second-order valence-electron chi connectivity index (χ2n) is 4.68. The molecule has 0 saturated carbocycles. The molecule has 0 aliphatic rings. The Balaban J connectivity index is 2.20. The van der Waals surface area contributed by atoms with E-state index in [1.807, 2.05) is 6.92 Å². The average molecular weight is 289 g/mol. The number of hydrogen-bond acceptors (Lipinski definition) is 4. The molecule has 0 spiro atoms. The Morgan fingerprint density at radius 1 is 1.52 bits per heavy atom. The first-order chi connectivity index (χ1) is 10.1. The zero-order valence-electron chi connectivity index (χ0n) is 12.1. The van der Waals surface area contributed by atoms with Crippen LogP contribution in [0.2, 0.25) is 0 Å². The standard InChI is InChI=1S/C15H19N3O3/c1-3-7-18-10-11(9-16-18)14(15(19)20)17-12-5-4-6-13(8-12)21-2/h4-6,8-10,14,17H,3,7H2,1-2H3,(H,19,20). The lowest BCUT2D eigenvalue weighted by Gasteiger charge is -2.14. The molecule has 0 saturated heterocycles. The van der Waals surface area contributed by atoms with Gasteiger partial charge < -0.3 is 15.2 Å². The van der Waals surface area contributed by atoms with Crippen molar-refractivity contribution >= 4 is 11.7 Å². The first-order valence-electron chi connectivity index (χ1n) is 6.79. The number of anilines is 1. The fourth-order valence-electron chi connectivity index (χ4n) is 2.05. The maximum atomic E-state index is 11.5. The molecule has 0 fully saturated rings. The highest BCUT2D eigenvalue weighted by Crippen LogP contribution is 2.23. The lowest BCUT2D eigenvalue weighted by atomic mass is 10.1. The largest absolute Gasteiger partial charge is 0.497 e. The van der Waals surface area contributed by atoms with Gasteiger partial charge in [0.05, 0.1) is 13.3 Å². The Hall–Kier alpha value is -2.50. The Kier molecular flexibility index (Phi) is 4.81. The Morgan fingerprint density at radius 2 is 2.33 bits per heavy atom. The molecule has 21 heavy (non-hydrogen) atoms. The molecule has 1 atom stereocenters. The second-order valence-corrected chi connectivity index (χ2v) is 4.68. The van der Waals surface area contributed by atoms with Crippen LogP contribution >= 0.6 is 0 Å². The number of aliphatic carboxylic acids is 1. The normalized spacial score (nSPS) is 11.9. The Bertz CT molecular complexity index is 610. The minimum atomic E-state index is -0.950. The summed E-state index contributed by atoms with van der Waals surface area (Å²) in [6, 6.07) is 6.32. The molecule has 0 bridgehead atoms. The number of carbonyl (C=O) groups is 1. The van der Waals surface area contributed by atoms with Crippen LogP contribution in [0.4, 0.5) is 5.69 Å². The summed E-state index contributed by atoms with van der Waals surface area (Å²) in [5, 5.41) is 16.6. The molecule has 1 aromatic carbocycles. The summed E-state index contributed by atoms with van der Waals surface area (Å²) in [6.07, 6.45) is 4.29. The minimum Gasteiger partial charge on any atom is -0.497 e. The first-order valence-corrected chi connectivity index (χ1v) is 6.79. The van der Waals surface area contributed by atoms with Crippen molar-refractivity contribution < 1.29 is 14.6 Å². The van der Waals surface area contributed by atoms with Gasteiger partial charge in [0.2, 0.25) is 0 Å². The predicted octanol–water partition coefficient (Wildman–Crippen LogP) is 2.54. The molecule has 0 amide bonds. The van der Waals surface area contributed by atoms with Crippen LogP contribution in [0.1, 0.15) is 24.9 Å². The van der Waals surface area contributed by atoms with Gasteiger partial charge in [-0.05, 0) is 18.6 Å². The van der Waals surface area contributed by atoms with E-state index in [-0.39, 0.29) is 0 Å². The maximum Gasteiger partial charge on any atom is 0.330 e. The highest BCUT2D eigenvalue weighted by atomic mass is 16.5. The van der Waals surface area contributed by atoms with Gasteiger partial charge in [0.1, 0.15) is 5.75 Å². The number of benzene rings is 1. The molecule has 2 rings (SSSR count). The van der Waals surface area contributed by atoms with Gasteiger partial charge >= 0.3 is 5.97 Å². The second kappa shape index (κ2) is 6.78. The zero-order valence-corrected chi connectivity index (χ0v) is 12.1. The van der Waals surface area contributed by atoms with Crippen molar-refractivity contribution in [2.24, 2.45) is 0 Å². The van der Waals surface area contributed by atoms with Crippen molar-refractivity contribution in [2.45, 2.75) is 25.9 Å². The van der Waals surface area contributed by atoms with E-state index in [0.717, 1.165) is 13.0 Å². The van der Waals surface area contributed by atoms with Gasteiger partial charge in [-0.2, -0.15) is 5.10 Å². The van der Waals surface area contributed by atoms with Gasteiger partial charge in [-0.15, -0.1) is 0 Å². The van der Waals surface area contributed by atoms with E-state index in [1.54, 1.807) is 48.5 Å². The van der Waals surface area contributed by atoms with Crippen LogP contribution in [0.15, 0.2) is 36.7 Å². The molecule has 2 N–H and O–H groups in total. The number of rotatable bonds is 7. The number of nitrogens with zero attached hydrogens (tertiary/aromatic N) is 2. The van der Waals surface area contributed by atoms with E-state index in [2.05, 4.69) is 10.4 Å². The highest BCUT2D eigenvalue weighted by Gasteiger charge is 2.21. The number of carboxylic acid groups (broad SMARTS) is 1. The van der Waals surface area contributed by atoms with E-state index in [1.165, 1.54) is 0 Å². The molecule has 1 aromatic heterocycles. The van der Waals surface area contributed by atoms with Gasteiger partial charge in [-0.25, -0.2) is 4.79 Å². The van der Waals surface area contributed by atoms with Crippen molar-refractivity contribution in [3.05, 3.63) is 42.2 Å². The van der Waals surface area contributed by atoms with Gasteiger partial charge in [-0.3, -0.25) is 4.68 Å². The van der Waals surface area contributed by atoms with Crippen LogP contribution in [0, 0.1) is 0 Å². The fraction of sp³-hybridized carbons (Fsp3) is 0.333. The summed E-state index contributed by atoms with van der Waals surface area (Å²) < 4.78 is 6.88. The quantitative estimate of drug-likeness (QED) is 0.819. The molecule has 112 valence electrons. The third-order valence-corrected chi connectivity index (χ3v) is 3.07. The molecular weight excluding hydrogens is 270 g/mol. The number of carboxylic acids is 1. The number of hydrogen-bond donors (Lipinski definition) is 2. The van der Waals surface area contributed by atoms with Crippen LogP contribution in [0.3, 0.4) is 0 Å². The van der Waals surface area contributed by atoms with Crippen molar-refractivity contribution in [2.75, 3.05) is 12.4 Å². The van der Waals surface area contributed by atoms with Crippen LogP contribution in [0.5, 0.6) is 5.75 Å². The first kappa shape index (κ1) is 14.9. The minimum absolute atomic E-state index is 0.624. The summed E-state index contributed by atoms with van der Waals surface area (Å²) in [4.78, 5) is 11.5. The molecule has 0 aliphatic heterocycles. The van der Waals surface area contributed by atoms with E-state index in [9.17, 15) is 9.90 Å². The molecule has 1 heterocycles. The van der Waals surface area contributed by atoms with Crippen molar-refractivity contribution in [3.8, 4) is 5.75 Å². The lowest BCUT2D eigenvalue weighted by molar-refractivity contribution is -0.138. The molecule has 1 unspecified atom stereocenters. The SMILES string of the molecule is CCCn1cc(C(Nc2cccc(OC)c2)C(=O)O)cn1. The van der Waals surface area contributed by atoms with E-state index < -0.39 is 12.0 Å². The van der Waals surface area contributed by atoms with Crippen LogP contribution in [0.25, 0.3) is 0 Å². The molecular formula is C15H19N3O3. The van der Waals surface area contributed by atoms with Crippen molar-refractivity contribution in [1.29, 1.82) is 0 Å². The van der Waals surface area contributed by atoms with Crippen molar-refractivity contribution in [3.63, 3.8) is 0 Å². The fourth-order valence-corrected chi connectivity index (χ4v) is 2.05. The van der Waals surface area contributed by atoms with E-state index in [0.29, 0.717) is 17.0 Å². The molecule has 6 heteroatoms. The highest BCUT2D eigenvalue weighted by molar-refractivity contribution is 5.79. The monoisotopic (exact) mass is 289 g/mol. The summed E-state index contributed by atoms with van der Waals surface area (Å²) in [7, 11) is 1.57. The van der Waals surface area contributed by atoms with Gasteiger partial charge in [-0.1, -0.05) is 13.0 Å². The summed E-state index contributed by atoms with van der Waals surface area (Å²) in [6.45, 7) is 2.82. The van der Waals surface area contributed by atoms with Gasteiger partial charge in [0.15, 0.2) is 6.04 Å². The number of ether oxygens (including phenoxy) is 1. The molecule has 0 radical (unpaired) electrons. The topological polar surface area (TPSA) is 76.4 Å². The lowest BCUT2D eigenvalue weighted by Crippen LogP contribution is -2.20. The third-order valence-electron chi connectivity index (χ3n) is 3.07. The predicted molar refractivity (Wildman–Crippen MR) is 79.5 cm³/mol. The summed E-state index contributed by atoms with van der Waals surface area (Å²) >= 11 is 0. The summed E-state index contributed by atoms with van der Waals surface area (Å²) in [5.41, 5.74) is 1.31. The van der Waals surface area contributed by atoms with Crippen LogP contribution in [-0.4, -0.2) is 28.0 Å². The molecule has 2 aromatic rings. The smallest absolute Gasteiger partial charge is 0.330 e. The maximum absolute atomic E-state index is 11.5. The molecule has 0 aliphatic carbocycles. The summed E-state index contributed by atoms with van der Waals surface area (Å²) in [5.74, 6) is -0.278. The number of methoxy groups -OCH3 is 1. The van der Waals surface area contributed by atoms with E-state index in [4.69, 9.17) is 4.74 Å². The Labute approximate surface area is 123 Å². The number of aromatic nitrogens is 2.